The average molecular weight is 302 g/mol. The molecule has 1 saturated heterocycles. The molecule has 1 aromatic rings. The lowest BCUT2D eigenvalue weighted by atomic mass is 9.97. The molecule has 21 heavy (non-hydrogen) atoms. The summed E-state index contributed by atoms with van der Waals surface area (Å²) in [7, 11) is 0. The number of hydrogen-bond donors (Lipinski definition) is 2. The van der Waals surface area contributed by atoms with E-state index in [1.807, 2.05) is 0 Å². The van der Waals surface area contributed by atoms with Crippen LogP contribution in [-0.2, 0) is 11.3 Å². The maximum absolute atomic E-state index is 12.0. The first kappa shape index (κ1) is 15.6. The Kier molecular flexibility index (Phi) is 5.06. The molecule has 0 aromatic heterocycles. The van der Waals surface area contributed by atoms with Crippen molar-refractivity contribution in [3.05, 3.63) is 29.8 Å². The number of alkyl halides is 3. The number of piperidine rings is 1. The van der Waals surface area contributed by atoms with Crippen molar-refractivity contribution in [2.24, 2.45) is 5.92 Å². The average Bonchev–Trinajstić information content (AvgIpc) is 2.45. The minimum Gasteiger partial charge on any atom is -0.406 e. The predicted molar refractivity (Wildman–Crippen MR) is 70.6 cm³/mol. The van der Waals surface area contributed by atoms with Gasteiger partial charge in [0.1, 0.15) is 5.75 Å². The minimum atomic E-state index is -4.69. The van der Waals surface area contributed by atoms with Crippen molar-refractivity contribution in [2.45, 2.75) is 25.7 Å². The Hall–Kier alpha value is -1.76. The molecule has 1 heterocycles. The van der Waals surface area contributed by atoms with E-state index in [4.69, 9.17) is 0 Å². The molecule has 2 rings (SSSR count). The Labute approximate surface area is 120 Å². The normalized spacial score (nSPS) is 16.5. The van der Waals surface area contributed by atoms with Gasteiger partial charge in [0, 0.05) is 12.5 Å². The molecule has 116 valence electrons. The van der Waals surface area contributed by atoms with Crippen LogP contribution in [0.25, 0.3) is 0 Å². The molecule has 0 aliphatic carbocycles. The van der Waals surface area contributed by atoms with E-state index in [0.29, 0.717) is 6.54 Å². The van der Waals surface area contributed by atoms with Crippen molar-refractivity contribution in [1.29, 1.82) is 0 Å². The van der Waals surface area contributed by atoms with Crippen LogP contribution in [0.3, 0.4) is 0 Å². The molecule has 1 amide bonds. The van der Waals surface area contributed by atoms with Gasteiger partial charge >= 0.3 is 6.36 Å². The lowest BCUT2D eigenvalue weighted by Gasteiger charge is -2.21. The first-order chi connectivity index (χ1) is 9.94. The second-order valence-corrected chi connectivity index (χ2v) is 4.93. The number of hydrogen-bond acceptors (Lipinski definition) is 3. The third kappa shape index (κ3) is 5.26. The molecule has 0 bridgehead atoms. The Morgan fingerprint density at radius 1 is 1.24 bits per heavy atom. The summed E-state index contributed by atoms with van der Waals surface area (Å²) >= 11 is 0. The maximum Gasteiger partial charge on any atom is 0.573 e. The van der Waals surface area contributed by atoms with Gasteiger partial charge in [-0.1, -0.05) is 12.1 Å². The second kappa shape index (κ2) is 6.80. The van der Waals surface area contributed by atoms with E-state index in [1.165, 1.54) is 24.3 Å². The Bertz CT molecular complexity index is 468. The zero-order chi connectivity index (χ0) is 15.3. The summed E-state index contributed by atoms with van der Waals surface area (Å²) in [4.78, 5) is 11.9. The van der Waals surface area contributed by atoms with Crippen LogP contribution in [0.1, 0.15) is 18.4 Å². The van der Waals surface area contributed by atoms with Crippen LogP contribution < -0.4 is 15.4 Å². The van der Waals surface area contributed by atoms with Crippen molar-refractivity contribution < 1.29 is 22.7 Å². The van der Waals surface area contributed by atoms with Crippen LogP contribution in [0.5, 0.6) is 5.75 Å². The fraction of sp³-hybridized carbons (Fsp3) is 0.500. The first-order valence-electron chi connectivity index (χ1n) is 6.77. The fourth-order valence-corrected chi connectivity index (χ4v) is 2.23. The van der Waals surface area contributed by atoms with Crippen LogP contribution in [0, 0.1) is 5.92 Å². The van der Waals surface area contributed by atoms with Gasteiger partial charge in [0.25, 0.3) is 0 Å². The van der Waals surface area contributed by atoms with Gasteiger partial charge in [-0.15, -0.1) is 13.2 Å². The molecule has 1 aliphatic heterocycles. The van der Waals surface area contributed by atoms with Crippen molar-refractivity contribution in [3.63, 3.8) is 0 Å². The van der Waals surface area contributed by atoms with E-state index in [0.717, 1.165) is 31.5 Å². The highest BCUT2D eigenvalue weighted by molar-refractivity contribution is 5.78. The molecular formula is C14H17F3N2O2. The van der Waals surface area contributed by atoms with Crippen LogP contribution in [0.15, 0.2) is 24.3 Å². The van der Waals surface area contributed by atoms with Crippen LogP contribution in [0.2, 0.25) is 0 Å². The molecule has 1 fully saturated rings. The van der Waals surface area contributed by atoms with Gasteiger partial charge in [0.05, 0.1) is 0 Å². The Morgan fingerprint density at radius 2 is 1.86 bits per heavy atom. The molecular weight excluding hydrogens is 285 g/mol. The highest BCUT2D eigenvalue weighted by Crippen LogP contribution is 2.22. The monoisotopic (exact) mass is 302 g/mol. The summed E-state index contributed by atoms with van der Waals surface area (Å²) < 4.78 is 39.8. The van der Waals surface area contributed by atoms with Crippen LogP contribution in [-0.4, -0.2) is 25.4 Å². The molecule has 0 spiro atoms. The summed E-state index contributed by atoms with van der Waals surface area (Å²) in [6.45, 7) is 1.97. The van der Waals surface area contributed by atoms with Crippen LogP contribution >= 0.6 is 0 Å². The molecule has 7 heteroatoms. The zero-order valence-electron chi connectivity index (χ0n) is 11.4. The van der Waals surface area contributed by atoms with Gasteiger partial charge in [0.2, 0.25) is 5.91 Å². The summed E-state index contributed by atoms with van der Waals surface area (Å²) in [5.41, 5.74) is 0.729. The smallest absolute Gasteiger partial charge is 0.406 e. The topological polar surface area (TPSA) is 50.4 Å². The van der Waals surface area contributed by atoms with E-state index in [1.54, 1.807) is 0 Å². The minimum absolute atomic E-state index is 0.00730. The maximum atomic E-state index is 12.0. The van der Waals surface area contributed by atoms with Crippen LogP contribution in [0.4, 0.5) is 13.2 Å². The quantitative estimate of drug-likeness (QED) is 0.896. The van der Waals surface area contributed by atoms with Gasteiger partial charge in [0.15, 0.2) is 0 Å². The number of rotatable bonds is 4. The molecule has 0 radical (unpaired) electrons. The lowest BCUT2D eigenvalue weighted by molar-refractivity contribution is -0.274. The van der Waals surface area contributed by atoms with Gasteiger partial charge in [-0.3, -0.25) is 4.79 Å². The van der Waals surface area contributed by atoms with Crippen molar-refractivity contribution in [2.75, 3.05) is 13.1 Å². The van der Waals surface area contributed by atoms with Crippen molar-refractivity contribution in [1.82, 2.24) is 10.6 Å². The third-order valence-corrected chi connectivity index (χ3v) is 3.33. The fourth-order valence-electron chi connectivity index (χ4n) is 2.23. The van der Waals surface area contributed by atoms with Gasteiger partial charge in [-0.05, 0) is 43.6 Å². The summed E-state index contributed by atoms with van der Waals surface area (Å²) in [6, 6.07) is 5.48. The SMILES string of the molecule is O=C(NCc1ccc(OC(F)(F)F)cc1)C1CCNCC1. The van der Waals surface area contributed by atoms with E-state index < -0.39 is 6.36 Å². The van der Waals surface area contributed by atoms with E-state index in [9.17, 15) is 18.0 Å². The second-order valence-electron chi connectivity index (χ2n) is 4.93. The highest BCUT2D eigenvalue weighted by Gasteiger charge is 2.30. The highest BCUT2D eigenvalue weighted by atomic mass is 19.4. The standard InChI is InChI=1S/C14H17F3N2O2/c15-14(16,17)21-12-3-1-10(2-4-12)9-19-13(20)11-5-7-18-8-6-11/h1-4,11,18H,5-9H2,(H,19,20). The van der Waals surface area contributed by atoms with Gasteiger partial charge in [-0.25, -0.2) is 0 Å². The van der Waals surface area contributed by atoms with Crippen molar-refractivity contribution in [3.8, 4) is 5.75 Å². The predicted octanol–water partition coefficient (Wildman–Crippen LogP) is 2.20. The Balaban J connectivity index is 1.81. The summed E-state index contributed by atoms with van der Waals surface area (Å²) in [5, 5.41) is 5.99. The summed E-state index contributed by atoms with van der Waals surface area (Å²) in [6.07, 6.45) is -3.07. The number of carbonyl (C=O) groups is 1. The lowest BCUT2D eigenvalue weighted by Crippen LogP contribution is -2.37. The molecule has 2 N–H and O–H groups in total. The number of halogens is 3. The molecule has 0 unspecified atom stereocenters. The molecule has 4 nitrogen and oxygen atoms in total. The molecule has 0 saturated carbocycles. The van der Waals surface area contributed by atoms with E-state index in [2.05, 4.69) is 15.4 Å². The number of amides is 1. The molecule has 1 aliphatic rings. The third-order valence-electron chi connectivity index (χ3n) is 3.33. The van der Waals surface area contributed by atoms with Gasteiger partial charge < -0.3 is 15.4 Å². The number of ether oxygens (including phenoxy) is 1. The first-order valence-corrected chi connectivity index (χ1v) is 6.77. The molecule has 0 atom stereocenters. The van der Waals surface area contributed by atoms with E-state index >= 15 is 0 Å². The number of benzene rings is 1. The van der Waals surface area contributed by atoms with Gasteiger partial charge in [-0.2, -0.15) is 0 Å². The number of nitrogens with one attached hydrogen (secondary N) is 2. The molecule has 1 aromatic carbocycles. The van der Waals surface area contributed by atoms with Crippen molar-refractivity contribution >= 4 is 5.91 Å². The van der Waals surface area contributed by atoms with E-state index in [-0.39, 0.29) is 17.6 Å². The largest absolute Gasteiger partial charge is 0.573 e. The Morgan fingerprint density at radius 3 is 2.43 bits per heavy atom. The summed E-state index contributed by atoms with van der Waals surface area (Å²) in [5.74, 6) is -0.262. The number of carbonyl (C=O) groups excluding carboxylic acids is 1. The zero-order valence-corrected chi connectivity index (χ0v) is 11.4.